The zero-order chi connectivity index (χ0) is 16.8. The number of fused-ring (bicyclic) bond motifs is 1. The van der Waals surface area contributed by atoms with Crippen LogP contribution in [-0.2, 0) is 0 Å². The fraction of sp³-hybridized carbons (Fsp3) is 0.235. The van der Waals surface area contributed by atoms with Crippen molar-refractivity contribution in [1.82, 2.24) is 5.32 Å². The van der Waals surface area contributed by atoms with E-state index in [4.69, 9.17) is 14.2 Å². The van der Waals surface area contributed by atoms with Crippen molar-refractivity contribution in [3.8, 4) is 17.2 Å². The standard InChI is InChI=1S/C17H17BrN2O4/c18-12-1-4-14(5-2-12)22-8-7-19-17(21)20-13-3-6-15-16(11-13)24-10-9-23-15/h1-6,11H,7-10H2,(H2,19,20,21). The van der Waals surface area contributed by atoms with Gasteiger partial charge in [0, 0.05) is 16.2 Å². The molecule has 2 amide bonds. The van der Waals surface area contributed by atoms with Crippen molar-refractivity contribution in [2.24, 2.45) is 0 Å². The van der Waals surface area contributed by atoms with E-state index in [-0.39, 0.29) is 6.03 Å². The third-order valence-corrected chi connectivity index (χ3v) is 3.80. The second-order valence-electron chi connectivity index (χ2n) is 5.04. The van der Waals surface area contributed by atoms with E-state index in [1.54, 1.807) is 18.2 Å². The molecule has 1 aliphatic heterocycles. The summed E-state index contributed by atoms with van der Waals surface area (Å²) in [6.45, 7) is 1.83. The molecule has 24 heavy (non-hydrogen) atoms. The minimum Gasteiger partial charge on any atom is -0.492 e. The number of rotatable bonds is 5. The molecule has 7 heteroatoms. The molecule has 0 radical (unpaired) electrons. The number of anilines is 1. The normalized spacial score (nSPS) is 12.4. The van der Waals surface area contributed by atoms with Crippen LogP contribution >= 0.6 is 15.9 Å². The lowest BCUT2D eigenvalue weighted by molar-refractivity contribution is 0.171. The smallest absolute Gasteiger partial charge is 0.319 e. The molecule has 0 atom stereocenters. The van der Waals surface area contributed by atoms with Crippen LogP contribution in [-0.4, -0.2) is 32.4 Å². The number of halogens is 1. The van der Waals surface area contributed by atoms with Crippen LogP contribution in [0.15, 0.2) is 46.9 Å². The molecular formula is C17H17BrN2O4. The maximum absolute atomic E-state index is 11.9. The number of amides is 2. The van der Waals surface area contributed by atoms with E-state index in [9.17, 15) is 4.79 Å². The number of ether oxygens (including phenoxy) is 3. The highest BCUT2D eigenvalue weighted by Gasteiger charge is 2.12. The largest absolute Gasteiger partial charge is 0.492 e. The molecule has 0 bridgehead atoms. The van der Waals surface area contributed by atoms with Gasteiger partial charge in [0.15, 0.2) is 11.5 Å². The Morgan fingerprint density at radius 3 is 2.62 bits per heavy atom. The van der Waals surface area contributed by atoms with Gasteiger partial charge in [0.25, 0.3) is 0 Å². The molecule has 0 saturated heterocycles. The molecule has 0 unspecified atom stereocenters. The van der Waals surface area contributed by atoms with Gasteiger partial charge in [-0.15, -0.1) is 0 Å². The van der Waals surface area contributed by atoms with E-state index in [1.807, 2.05) is 24.3 Å². The summed E-state index contributed by atoms with van der Waals surface area (Å²) >= 11 is 3.36. The van der Waals surface area contributed by atoms with E-state index in [2.05, 4.69) is 26.6 Å². The summed E-state index contributed by atoms with van der Waals surface area (Å²) in [5, 5.41) is 5.49. The second-order valence-corrected chi connectivity index (χ2v) is 5.96. The number of hydrogen-bond acceptors (Lipinski definition) is 4. The molecule has 2 aromatic carbocycles. The Balaban J connectivity index is 1.41. The predicted molar refractivity (Wildman–Crippen MR) is 94.1 cm³/mol. The molecule has 2 aromatic rings. The van der Waals surface area contributed by atoms with Crippen LogP contribution in [0.2, 0.25) is 0 Å². The van der Waals surface area contributed by atoms with Crippen molar-refractivity contribution >= 4 is 27.6 Å². The summed E-state index contributed by atoms with van der Waals surface area (Å²) in [6, 6.07) is 12.5. The van der Waals surface area contributed by atoms with Crippen LogP contribution in [0.3, 0.4) is 0 Å². The molecule has 0 spiro atoms. The van der Waals surface area contributed by atoms with Crippen LogP contribution in [0, 0.1) is 0 Å². The molecule has 0 aromatic heterocycles. The third-order valence-electron chi connectivity index (χ3n) is 3.27. The second kappa shape index (κ2) is 7.92. The Morgan fingerprint density at radius 2 is 1.83 bits per heavy atom. The van der Waals surface area contributed by atoms with Crippen LogP contribution < -0.4 is 24.8 Å². The van der Waals surface area contributed by atoms with Crippen molar-refractivity contribution in [3.63, 3.8) is 0 Å². The van der Waals surface area contributed by atoms with Crippen molar-refractivity contribution in [3.05, 3.63) is 46.9 Å². The summed E-state index contributed by atoms with van der Waals surface area (Å²) in [5.74, 6) is 2.08. The molecule has 126 valence electrons. The van der Waals surface area contributed by atoms with Crippen molar-refractivity contribution in [1.29, 1.82) is 0 Å². The van der Waals surface area contributed by atoms with Gasteiger partial charge in [0.1, 0.15) is 25.6 Å². The summed E-state index contributed by atoms with van der Waals surface area (Å²) in [6.07, 6.45) is 0. The Kier molecular flexibility index (Phi) is 5.43. The molecule has 6 nitrogen and oxygen atoms in total. The maximum atomic E-state index is 11.9. The fourth-order valence-corrected chi connectivity index (χ4v) is 2.42. The average Bonchev–Trinajstić information content (AvgIpc) is 2.60. The Bertz CT molecular complexity index is 706. The number of benzene rings is 2. The monoisotopic (exact) mass is 392 g/mol. The summed E-state index contributed by atoms with van der Waals surface area (Å²) in [4.78, 5) is 11.9. The molecule has 0 saturated carbocycles. The topological polar surface area (TPSA) is 68.8 Å². The van der Waals surface area contributed by atoms with E-state index in [1.165, 1.54) is 0 Å². The third kappa shape index (κ3) is 4.55. The molecular weight excluding hydrogens is 376 g/mol. The zero-order valence-corrected chi connectivity index (χ0v) is 14.5. The lowest BCUT2D eigenvalue weighted by Gasteiger charge is -2.19. The Labute approximate surface area is 148 Å². The predicted octanol–water partition coefficient (Wildman–Crippen LogP) is 3.42. The highest BCUT2D eigenvalue weighted by atomic mass is 79.9. The average molecular weight is 393 g/mol. The lowest BCUT2D eigenvalue weighted by atomic mass is 10.2. The van der Waals surface area contributed by atoms with Gasteiger partial charge in [0.05, 0.1) is 6.54 Å². The van der Waals surface area contributed by atoms with E-state index in [0.29, 0.717) is 43.6 Å². The lowest BCUT2D eigenvalue weighted by Crippen LogP contribution is -2.32. The number of hydrogen-bond donors (Lipinski definition) is 2. The first-order chi connectivity index (χ1) is 11.7. The maximum Gasteiger partial charge on any atom is 0.319 e. The van der Waals surface area contributed by atoms with Gasteiger partial charge in [-0.05, 0) is 36.4 Å². The first-order valence-corrected chi connectivity index (χ1v) is 8.33. The summed E-state index contributed by atoms with van der Waals surface area (Å²) < 4.78 is 17.4. The summed E-state index contributed by atoms with van der Waals surface area (Å²) in [7, 11) is 0. The van der Waals surface area contributed by atoms with Crippen LogP contribution in [0.4, 0.5) is 10.5 Å². The van der Waals surface area contributed by atoms with E-state index < -0.39 is 0 Å². The molecule has 0 aliphatic carbocycles. The zero-order valence-electron chi connectivity index (χ0n) is 12.9. The Hall–Kier alpha value is -2.41. The Morgan fingerprint density at radius 1 is 1.08 bits per heavy atom. The highest BCUT2D eigenvalue weighted by molar-refractivity contribution is 9.10. The number of carbonyl (C=O) groups is 1. The number of nitrogens with one attached hydrogen (secondary N) is 2. The van der Waals surface area contributed by atoms with Gasteiger partial charge in [0.2, 0.25) is 0 Å². The molecule has 2 N–H and O–H groups in total. The van der Waals surface area contributed by atoms with Crippen LogP contribution in [0.25, 0.3) is 0 Å². The van der Waals surface area contributed by atoms with E-state index in [0.717, 1.165) is 10.2 Å². The molecule has 1 aliphatic rings. The van der Waals surface area contributed by atoms with Gasteiger partial charge >= 0.3 is 6.03 Å². The molecule has 1 heterocycles. The minimum atomic E-state index is -0.300. The molecule has 3 rings (SSSR count). The number of urea groups is 1. The van der Waals surface area contributed by atoms with Crippen LogP contribution in [0.5, 0.6) is 17.2 Å². The van der Waals surface area contributed by atoms with Crippen molar-refractivity contribution in [2.45, 2.75) is 0 Å². The van der Waals surface area contributed by atoms with Crippen LogP contribution in [0.1, 0.15) is 0 Å². The first kappa shape index (κ1) is 16.4. The minimum absolute atomic E-state index is 0.300. The SMILES string of the molecule is O=C(NCCOc1ccc(Br)cc1)Nc1ccc2c(c1)OCCO2. The van der Waals surface area contributed by atoms with Crippen molar-refractivity contribution in [2.75, 3.05) is 31.7 Å². The van der Waals surface area contributed by atoms with E-state index >= 15 is 0 Å². The quantitative estimate of drug-likeness (QED) is 0.764. The fourth-order valence-electron chi connectivity index (χ4n) is 2.16. The van der Waals surface area contributed by atoms with Gasteiger partial charge in [-0.3, -0.25) is 0 Å². The van der Waals surface area contributed by atoms with Gasteiger partial charge < -0.3 is 24.8 Å². The highest BCUT2D eigenvalue weighted by Crippen LogP contribution is 2.32. The van der Waals surface area contributed by atoms with Crippen molar-refractivity contribution < 1.29 is 19.0 Å². The van der Waals surface area contributed by atoms with Gasteiger partial charge in [-0.1, -0.05) is 15.9 Å². The number of carbonyl (C=O) groups excluding carboxylic acids is 1. The van der Waals surface area contributed by atoms with Gasteiger partial charge in [-0.25, -0.2) is 4.79 Å². The van der Waals surface area contributed by atoms with Gasteiger partial charge in [-0.2, -0.15) is 0 Å². The first-order valence-electron chi connectivity index (χ1n) is 7.53. The molecule has 0 fully saturated rings. The summed E-state index contributed by atoms with van der Waals surface area (Å²) in [5.41, 5.74) is 0.644.